The number of ether oxygens (including phenoxy) is 1. The maximum atomic E-state index is 13.6. The standard InChI is InChI=1S/C26H25F3IN5O2S/c1-2-8-34-9-11-35(12-10-34)25-32-15-22(24(33-25)37-16-17-4-3-5-18(30)13-17)38-19-6-7-20(23(31)36)21(14-19)26(27,28)29/h1,3-7,13-15,23,36H,8-12,16,31H2. The van der Waals surface area contributed by atoms with Crippen LogP contribution in [0.4, 0.5) is 19.1 Å². The summed E-state index contributed by atoms with van der Waals surface area (Å²) in [5.74, 6) is 3.39. The molecule has 0 saturated carbocycles. The number of halogens is 4. The van der Waals surface area contributed by atoms with Crippen molar-refractivity contribution in [3.8, 4) is 18.2 Å². The van der Waals surface area contributed by atoms with Gasteiger partial charge in [0.05, 0.1) is 23.2 Å². The molecule has 1 saturated heterocycles. The smallest absolute Gasteiger partial charge is 0.416 e. The first-order valence-electron chi connectivity index (χ1n) is 11.6. The van der Waals surface area contributed by atoms with Gasteiger partial charge in [0.1, 0.15) is 12.8 Å². The van der Waals surface area contributed by atoms with Crippen molar-refractivity contribution in [2.75, 3.05) is 37.6 Å². The van der Waals surface area contributed by atoms with Gasteiger partial charge < -0.3 is 20.5 Å². The third-order valence-corrected chi connectivity index (χ3v) is 7.48. The minimum absolute atomic E-state index is 0.225. The molecule has 0 spiro atoms. The number of benzene rings is 2. The molecular weight excluding hydrogens is 630 g/mol. The van der Waals surface area contributed by atoms with E-state index in [1.807, 2.05) is 29.2 Å². The lowest BCUT2D eigenvalue weighted by atomic mass is 10.1. The lowest BCUT2D eigenvalue weighted by Crippen LogP contribution is -2.47. The van der Waals surface area contributed by atoms with Crippen LogP contribution in [-0.4, -0.2) is 52.7 Å². The van der Waals surface area contributed by atoms with Gasteiger partial charge in [-0.1, -0.05) is 35.9 Å². The Balaban J connectivity index is 1.62. The Labute approximate surface area is 236 Å². The molecule has 2 aromatic carbocycles. The first kappa shape index (κ1) is 28.4. The molecule has 1 atom stereocenters. The van der Waals surface area contributed by atoms with Gasteiger partial charge in [-0.2, -0.15) is 18.2 Å². The molecule has 200 valence electrons. The number of nitrogens with zero attached hydrogens (tertiary/aromatic N) is 4. The van der Waals surface area contributed by atoms with Crippen molar-refractivity contribution in [2.45, 2.75) is 28.8 Å². The molecule has 0 amide bonds. The molecule has 1 aromatic heterocycles. The fraction of sp³-hybridized carbons (Fsp3) is 0.308. The van der Waals surface area contributed by atoms with E-state index in [4.69, 9.17) is 16.9 Å². The predicted molar refractivity (Wildman–Crippen MR) is 148 cm³/mol. The molecular formula is C26H25F3IN5O2S. The van der Waals surface area contributed by atoms with Crippen LogP contribution in [0.5, 0.6) is 5.88 Å². The quantitative estimate of drug-likeness (QED) is 0.208. The minimum atomic E-state index is -4.68. The van der Waals surface area contributed by atoms with E-state index >= 15 is 0 Å². The van der Waals surface area contributed by atoms with Crippen molar-refractivity contribution >= 4 is 40.3 Å². The molecule has 1 unspecified atom stereocenters. The number of terminal acetylenes is 1. The van der Waals surface area contributed by atoms with Gasteiger partial charge >= 0.3 is 6.18 Å². The summed E-state index contributed by atoms with van der Waals surface area (Å²) in [6.07, 6.45) is 0.550. The van der Waals surface area contributed by atoms with Gasteiger partial charge in [0, 0.05) is 40.2 Å². The zero-order chi connectivity index (χ0) is 27.3. The zero-order valence-electron chi connectivity index (χ0n) is 20.2. The Morgan fingerprint density at radius 1 is 1.18 bits per heavy atom. The van der Waals surface area contributed by atoms with Crippen molar-refractivity contribution < 1.29 is 23.0 Å². The summed E-state index contributed by atoms with van der Waals surface area (Å²) in [6.45, 7) is 3.70. The van der Waals surface area contributed by atoms with Crippen molar-refractivity contribution in [3.05, 3.63) is 68.9 Å². The molecule has 3 N–H and O–H groups in total. The number of alkyl halides is 3. The Kier molecular flexibility index (Phi) is 9.37. The van der Waals surface area contributed by atoms with Crippen LogP contribution in [-0.2, 0) is 12.8 Å². The van der Waals surface area contributed by atoms with E-state index < -0.39 is 23.5 Å². The number of aromatic nitrogens is 2. The summed E-state index contributed by atoms with van der Waals surface area (Å²) in [5.41, 5.74) is 4.88. The zero-order valence-corrected chi connectivity index (χ0v) is 23.1. The molecule has 1 aliphatic heterocycles. The Hall–Kier alpha value is -2.57. The van der Waals surface area contributed by atoms with Crippen LogP contribution in [0.15, 0.2) is 58.5 Å². The summed E-state index contributed by atoms with van der Waals surface area (Å²) >= 11 is 3.26. The van der Waals surface area contributed by atoms with E-state index in [0.717, 1.165) is 40.1 Å². The van der Waals surface area contributed by atoms with Crippen LogP contribution in [0.3, 0.4) is 0 Å². The largest absolute Gasteiger partial charge is 0.472 e. The highest BCUT2D eigenvalue weighted by atomic mass is 127. The Morgan fingerprint density at radius 3 is 2.61 bits per heavy atom. The Morgan fingerprint density at radius 2 is 1.95 bits per heavy atom. The second-order valence-electron chi connectivity index (χ2n) is 8.52. The van der Waals surface area contributed by atoms with Gasteiger partial charge in [0.25, 0.3) is 0 Å². The van der Waals surface area contributed by atoms with Gasteiger partial charge in [-0.3, -0.25) is 4.90 Å². The molecule has 1 fully saturated rings. The fourth-order valence-electron chi connectivity index (χ4n) is 3.91. The topological polar surface area (TPSA) is 87.7 Å². The second kappa shape index (κ2) is 12.5. The SMILES string of the molecule is C#CCN1CCN(c2ncc(Sc3ccc(C(N)O)c(C(F)(F)F)c3)c(OCc3cccc(I)c3)n2)CC1. The molecule has 0 aliphatic carbocycles. The number of aliphatic hydroxyl groups excluding tert-OH is 1. The molecule has 12 heteroatoms. The molecule has 38 heavy (non-hydrogen) atoms. The number of aliphatic hydroxyl groups is 1. The highest BCUT2D eigenvalue weighted by Gasteiger charge is 2.35. The van der Waals surface area contributed by atoms with E-state index in [2.05, 4.69) is 43.4 Å². The molecule has 4 rings (SSSR count). The van der Waals surface area contributed by atoms with Crippen molar-refractivity contribution in [1.82, 2.24) is 14.9 Å². The predicted octanol–water partition coefficient (Wildman–Crippen LogP) is 4.54. The number of rotatable bonds is 8. The molecule has 0 radical (unpaired) electrons. The van der Waals surface area contributed by atoms with Gasteiger partial charge in [0.15, 0.2) is 0 Å². The third-order valence-electron chi connectivity index (χ3n) is 5.82. The van der Waals surface area contributed by atoms with E-state index in [1.54, 1.807) is 6.20 Å². The number of piperazine rings is 1. The first-order chi connectivity index (χ1) is 18.1. The van der Waals surface area contributed by atoms with Crippen molar-refractivity contribution in [1.29, 1.82) is 0 Å². The average Bonchev–Trinajstić information content (AvgIpc) is 2.88. The fourth-order valence-corrected chi connectivity index (χ4v) is 5.39. The van der Waals surface area contributed by atoms with Crippen LogP contribution in [0.2, 0.25) is 0 Å². The first-order valence-corrected chi connectivity index (χ1v) is 13.5. The van der Waals surface area contributed by atoms with Crippen LogP contribution >= 0.6 is 34.4 Å². The van der Waals surface area contributed by atoms with Crippen LogP contribution in [0, 0.1) is 15.9 Å². The lowest BCUT2D eigenvalue weighted by Gasteiger charge is -2.33. The van der Waals surface area contributed by atoms with Crippen LogP contribution < -0.4 is 15.4 Å². The monoisotopic (exact) mass is 655 g/mol. The summed E-state index contributed by atoms with van der Waals surface area (Å²) < 4.78 is 48.0. The normalized spacial score (nSPS) is 15.2. The molecule has 0 bridgehead atoms. The number of anilines is 1. The summed E-state index contributed by atoms with van der Waals surface area (Å²) in [5, 5.41) is 9.60. The minimum Gasteiger partial charge on any atom is -0.472 e. The van der Waals surface area contributed by atoms with Gasteiger partial charge in [-0.25, -0.2) is 4.98 Å². The van der Waals surface area contributed by atoms with E-state index in [-0.39, 0.29) is 17.4 Å². The lowest BCUT2D eigenvalue weighted by molar-refractivity contribution is -0.139. The van der Waals surface area contributed by atoms with E-state index in [1.165, 1.54) is 12.1 Å². The van der Waals surface area contributed by atoms with Gasteiger partial charge in [-0.05, 0) is 52.4 Å². The van der Waals surface area contributed by atoms with Gasteiger partial charge in [0.2, 0.25) is 11.8 Å². The van der Waals surface area contributed by atoms with Crippen LogP contribution in [0.1, 0.15) is 22.9 Å². The van der Waals surface area contributed by atoms with Crippen molar-refractivity contribution in [3.63, 3.8) is 0 Å². The molecule has 7 nitrogen and oxygen atoms in total. The van der Waals surface area contributed by atoms with Gasteiger partial charge in [-0.15, -0.1) is 6.42 Å². The summed E-state index contributed by atoms with van der Waals surface area (Å²) in [7, 11) is 0. The number of hydrogen-bond acceptors (Lipinski definition) is 8. The molecule has 1 aliphatic rings. The second-order valence-corrected chi connectivity index (χ2v) is 10.9. The number of hydrogen-bond donors (Lipinski definition) is 2. The maximum absolute atomic E-state index is 13.6. The Bertz CT molecular complexity index is 1310. The molecule has 2 heterocycles. The van der Waals surface area contributed by atoms with Crippen LogP contribution in [0.25, 0.3) is 0 Å². The van der Waals surface area contributed by atoms with E-state index in [0.29, 0.717) is 30.5 Å². The maximum Gasteiger partial charge on any atom is 0.416 e. The summed E-state index contributed by atoms with van der Waals surface area (Å²) in [6, 6.07) is 11.4. The third kappa shape index (κ3) is 7.29. The highest BCUT2D eigenvalue weighted by molar-refractivity contribution is 14.1. The highest BCUT2D eigenvalue weighted by Crippen LogP contribution is 2.40. The number of nitrogens with two attached hydrogens (primary N) is 1. The van der Waals surface area contributed by atoms with E-state index in [9.17, 15) is 18.3 Å². The van der Waals surface area contributed by atoms with Crippen molar-refractivity contribution in [2.24, 2.45) is 5.73 Å². The summed E-state index contributed by atoms with van der Waals surface area (Å²) in [4.78, 5) is 14.1. The average molecular weight is 655 g/mol. The molecule has 3 aromatic rings.